The van der Waals surface area contributed by atoms with Crippen LogP contribution in [0.1, 0.15) is 16.7 Å². The number of carbonyl (C=O) groups excluding carboxylic acids is 1. The molecule has 0 saturated carbocycles. The number of halogens is 3. The van der Waals surface area contributed by atoms with E-state index < -0.39 is 29.5 Å². The van der Waals surface area contributed by atoms with Crippen LogP contribution in [0, 0.1) is 5.92 Å². The van der Waals surface area contributed by atoms with Gasteiger partial charge in [0.25, 0.3) is 0 Å². The molecule has 8 heteroatoms. The van der Waals surface area contributed by atoms with Crippen LogP contribution in [-0.2, 0) is 28.6 Å². The van der Waals surface area contributed by atoms with Crippen molar-refractivity contribution in [3.05, 3.63) is 65.2 Å². The van der Waals surface area contributed by atoms with Gasteiger partial charge in [0.1, 0.15) is 5.75 Å². The molecule has 0 heterocycles. The van der Waals surface area contributed by atoms with Crippen molar-refractivity contribution in [2.75, 3.05) is 13.7 Å². The number of nitrogens with one attached hydrogen (secondary N) is 1. The number of hydrogen-bond acceptors (Lipinski definition) is 3. The van der Waals surface area contributed by atoms with Crippen molar-refractivity contribution in [1.82, 2.24) is 5.32 Å². The number of alkyl halides is 3. The summed E-state index contributed by atoms with van der Waals surface area (Å²) < 4.78 is 43.4. The number of carboxylic acids is 1. The largest absolute Gasteiger partial charge is 0.496 e. The van der Waals surface area contributed by atoms with E-state index in [1.54, 1.807) is 24.3 Å². The van der Waals surface area contributed by atoms with Crippen LogP contribution in [-0.4, -0.2) is 30.6 Å². The summed E-state index contributed by atoms with van der Waals surface area (Å²) in [6.07, 6.45) is -4.62. The highest BCUT2D eigenvalue weighted by molar-refractivity contribution is 5.79. The molecule has 2 aromatic rings. The third-order valence-corrected chi connectivity index (χ3v) is 4.17. The number of aliphatic carboxylic acids is 1. The molecule has 0 radical (unpaired) electrons. The Kier molecular flexibility index (Phi) is 7.03. The summed E-state index contributed by atoms with van der Waals surface area (Å²) in [7, 11) is 1.48. The second kappa shape index (κ2) is 9.25. The molecule has 1 amide bonds. The van der Waals surface area contributed by atoms with Gasteiger partial charge in [0, 0.05) is 6.54 Å². The van der Waals surface area contributed by atoms with Gasteiger partial charge in [0.15, 0.2) is 0 Å². The zero-order valence-corrected chi connectivity index (χ0v) is 15.1. The first-order valence-electron chi connectivity index (χ1n) is 8.48. The van der Waals surface area contributed by atoms with Crippen molar-refractivity contribution in [2.45, 2.75) is 19.0 Å². The molecule has 2 aromatic carbocycles. The van der Waals surface area contributed by atoms with E-state index in [4.69, 9.17) is 4.74 Å². The minimum atomic E-state index is -4.49. The Morgan fingerprint density at radius 2 is 1.86 bits per heavy atom. The Morgan fingerprint density at radius 1 is 1.14 bits per heavy atom. The van der Waals surface area contributed by atoms with E-state index >= 15 is 0 Å². The maximum atomic E-state index is 12.7. The van der Waals surface area contributed by atoms with Crippen LogP contribution >= 0.6 is 0 Å². The summed E-state index contributed by atoms with van der Waals surface area (Å²) in [4.78, 5) is 23.6. The number of ether oxygens (including phenoxy) is 1. The predicted octanol–water partition coefficient (Wildman–Crippen LogP) is 3.32. The number of methoxy groups -OCH3 is 1. The molecule has 150 valence electrons. The zero-order chi connectivity index (χ0) is 20.7. The first-order valence-corrected chi connectivity index (χ1v) is 8.48. The van der Waals surface area contributed by atoms with E-state index in [0.717, 1.165) is 12.1 Å². The van der Waals surface area contributed by atoms with Gasteiger partial charge in [-0.05, 0) is 29.7 Å². The van der Waals surface area contributed by atoms with Gasteiger partial charge in [-0.2, -0.15) is 13.2 Å². The topological polar surface area (TPSA) is 75.6 Å². The summed E-state index contributed by atoms with van der Waals surface area (Å²) in [6, 6.07) is 11.4. The molecule has 28 heavy (non-hydrogen) atoms. The lowest BCUT2D eigenvalue weighted by Crippen LogP contribution is -2.35. The maximum Gasteiger partial charge on any atom is 0.416 e. The van der Waals surface area contributed by atoms with Gasteiger partial charge in [0.05, 0.1) is 25.0 Å². The van der Waals surface area contributed by atoms with Gasteiger partial charge < -0.3 is 15.2 Å². The van der Waals surface area contributed by atoms with Gasteiger partial charge in [-0.3, -0.25) is 9.59 Å². The third kappa shape index (κ3) is 6.00. The van der Waals surface area contributed by atoms with Crippen molar-refractivity contribution in [3.63, 3.8) is 0 Å². The third-order valence-electron chi connectivity index (χ3n) is 4.17. The molecule has 5 nitrogen and oxygen atoms in total. The van der Waals surface area contributed by atoms with Crippen LogP contribution in [0.25, 0.3) is 0 Å². The van der Waals surface area contributed by atoms with Crippen LogP contribution in [0.3, 0.4) is 0 Å². The molecule has 0 saturated heterocycles. The molecule has 0 aliphatic carbocycles. The predicted molar refractivity (Wildman–Crippen MR) is 96.0 cm³/mol. The quantitative estimate of drug-likeness (QED) is 0.719. The standard InChI is InChI=1S/C20H20F3NO4/c1-28-17-8-3-2-6-14(17)11-15(19(26)27)12-24-18(25)10-13-5-4-7-16(9-13)20(21,22)23/h2-9,15H,10-12H2,1H3,(H,24,25)(H,26,27). The molecule has 0 aliphatic heterocycles. The van der Waals surface area contributed by atoms with E-state index in [-0.39, 0.29) is 24.9 Å². The van der Waals surface area contributed by atoms with Crippen LogP contribution in [0.4, 0.5) is 13.2 Å². The summed E-state index contributed by atoms with van der Waals surface area (Å²) in [5.74, 6) is -2.00. The molecule has 0 aliphatic rings. The van der Waals surface area contributed by atoms with Crippen LogP contribution < -0.4 is 10.1 Å². The van der Waals surface area contributed by atoms with Gasteiger partial charge >= 0.3 is 12.1 Å². The highest BCUT2D eigenvalue weighted by atomic mass is 19.4. The Balaban J connectivity index is 1.98. The number of carboxylic acid groups (broad SMARTS) is 1. The van der Waals surface area contributed by atoms with Gasteiger partial charge in [-0.15, -0.1) is 0 Å². The van der Waals surface area contributed by atoms with Crippen LogP contribution in [0.5, 0.6) is 5.75 Å². The summed E-state index contributed by atoms with van der Waals surface area (Å²) >= 11 is 0. The molecular formula is C20H20F3NO4. The van der Waals surface area contributed by atoms with Crippen molar-refractivity contribution in [2.24, 2.45) is 5.92 Å². The molecule has 0 aromatic heterocycles. The highest BCUT2D eigenvalue weighted by Gasteiger charge is 2.30. The van der Waals surface area contributed by atoms with Gasteiger partial charge in [-0.25, -0.2) is 0 Å². The maximum absolute atomic E-state index is 12.7. The zero-order valence-electron chi connectivity index (χ0n) is 15.1. The fourth-order valence-electron chi connectivity index (χ4n) is 2.73. The van der Waals surface area contributed by atoms with Crippen molar-refractivity contribution in [1.29, 1.82) is 0 Å². The van der Waals surface area contributed by atoms with Gasteiger partial charge in [0.2, 0.25) is 5.91 Å². The van der Waals surface area contributed by atoms with E-state index in [0.29, 0.717) is 11.3 Å². The first-order chi connectivity index (χ1) is 13.2. The second-order valence-electron chi connectivity index (χ2n) is 6.23. The lowest BCUT2D eigenvalue weighted by molar-refractivity contribution is -0.141. The Hall–Kier alpha value is -3.03. The summed E-state index contributed by atoms with van der Waals surface area (Å²) in [5.41, 5.74) is 0.0471. The van der Waals surface area contributed by atoms with Crippen molar-refractivity contribution >= 4 is 11.9 Å². The van der Waals surface area contributed by atoms with E-state index in [1.807, 2.05) is 0 Å². The number of para-hydroxylation sites is 1. The highest BCUT2D eigenvalue weighted by Crippen LogP contribution is 2.29. The minimum Gasteiger partial charge on any atom is -0.496 e. The second-order valence-corrected chi connectivity index (χ2v) is 6.23. The molecule has 0 fully saturated rings. The van der Waals surface area contributed by atoms with E-state index in [9.17, 15) is 27.9 Å². The average molecular weight is 395 g/mol. The fourth-order valence-corrected chi connectivity index (χ4v) is 2.73. The monoisotopic (exact) mass is 395 g/mol. The Morgan fingerprint density at radius 3 is 2.50 bits per heavy atom. The normalized spacial score (nSPS) is 12.3. The first kappa shape index (κ1) is 21.3. The smallest absolute Gasteiger partial charge is 0.416 e. The van der Waals surface area contributed by atoms with Crippen molar-refractivity contribution in [3.8, 4) is 5.75 Å². The number of hydrogen-bond donors (Lipinski definition) is 2. The molecule has 1 unspecified atom stereocenters. The molecule has 0 bridgehead atoms. The van der Waals surface area contributed by atoms with Gasteiger partial charge in [-0.1, -0.05) is 36.4 Å². The molecule has 1 atom stereocenters. The van der Waals surface area contributed by atoms with Crippen LogP contribution in [0.2, 0.25) is 0 Å². The SMILES string of the molecule is COc1ccccc1CC(CNC(=O)Cc1cccc(C(F)(F)F)c1)C(=O)O. The number of carbonyl (C=O) groups is 2. The Bertz CT molecular complexity index is 836. The molecule has 2 rings (SSSR count). The summed E-state index contributed by atoms with van der Waals surface area (Å²) in [6.45, 7) is -0.148. The lowest BCUT2D eigenvalue weighted by atomic mass is 9.98. The van der Waals surface area contributed by atoms with Crippen molar-refractivity contribution < 1.29 is 32.6 Å². The number of rotatable bonds is 8. The molecule has 0 spiro atoms. The lowest BCUT2D eigenvalue weighted by Gasteiger charge is -2.15. The van der Waals surface area contributed by atoms with E-state index in [2.05, 4.69) is 5.32 Å². The fraction of sp³-hybridized carbons (Fsp3) is 0.300. The molecular weight excluding hydrogens is 375 g/mol. The minimum absolute atomic E-state index is 0.142. The Labute approximate surface area is 160 Å². The van der Waals surface area contributed by atoms with E-state index in [1.165, 1.54) is 19.2 Å². The average Bonchev–Trinajstić information content (AvgIpc) is 2.64. The number of benzene rings is 2. The summed E-state index contributed by atoms with van der Waals surface area (Å²) in [5, 5.41) is 11.9. The molecule has 2 N–H and O–H groups in total. The number of amides is 1. The van der Waals surface area contributed by atoms with Crippen LogP contribution in [0.15, 0.2) is 48.5 Å².